The van der Waals surface area contributed by atoms with Crippen LogP contribution in [0.4, 0.5) is 0 Å². The summed E-state index contributed by atoms with van der Waals surface area (Å²) in [4.78, 5) is 0. The Morgan fingerprint density at radius 2 is 2.30 bits per heavy atom. The maximum atomic E-state index is 9.49. The highest BCUT2D eigenvalue weighted by atomic mass is 16.3. The molecular formula is C8H15NO. The summed E-state index contributed by atoms with van der Waals surface area (Å²) in [7, 11) is 1.81. The quantitative estimate of drug-likeness (QED) is 0.554. The first-order valence-electron chi connectivity index (χ1n) is 3.43. The fourth-order valence-corrected chi connectivity index (χ4v) is 0.811. The van der Waals surface area contributed by atoms with E-state index in [1.54, 1.807) is 6.92 Å². The molecule has 0 saturated carbocycles. The first-order valence-corrected chi connectivity index (χ1v) is 3.43. The van der Waals surface area contributed by atoms with Gasteiger partial charge in [0.1, 0.15) is 0 Å². The third-order valence-electron chi connectivity index (χ3n) is 1.37. The highest BCUT2D eigenvalue weighted by molar-refractivity contribution is 4.88. The molecule has 0 radical (unpaired) electrons. The van der Waals surface area contributed by atoms with Gasteiger partial charge in [0.15, 0.2) is 0 Å². The zero-order valence-corrected chi connectivity index (χ0v) is 6.65. The molecule has 0 amide bonds. The minimum Gasteiger partial charge on any atom is -0.389 e. The van der Waals surface area contributed by atoms with E-state index in [1.807, 2.05) is 7.05 Å². The zero-order valence-electron chi connectivity index (χ0n) is 6.65. The number of rotatable bonds is 4. The average Bonchev–Trinajstić information content (AvgIpc) is 1.84. The van der Waals surface area contributed by atoms with Crippen LogP contribution in [0.15, 0.2) is 0 Å². The van der Waals surface area contributed by atoms with Gasteiger partial charge < -0.3 is 10.4 Å². The number of nitrogens with one attached hydrogen (secondary N) is 1. The Kier molecular flexibility index (Phi) is 4.10. The van der Waals surface area contributed by atoms with Crippen LogP contribution in [0.1, 0.15) is 19.8 Å². The molecule has 0 aromatic carbocycles. The predicted molar refractivity (Wildman–Crippen MR) is 42.6 cm³/mol. The van der Waals surface area contributed by atoms with Gasteiger partial charge in [-0.05, 0) is 20.4 Å². The number of aliphatic hydroxyl groups is 1. The van der Waals surface area contributed by atoms with Crippen LogP contribution in [-0.4, -0.2) is 24.3 Å². The Morgan fingerprint density at radius 3 is 2.70 bits per heavy atom. The molecule has 0 bridgehead atoms. The van der Waals surface area contributed by atoms with Crippen LogP contribution in [0.5, 0.6) is 0 Å². The normalized spacial score (nSPS) is 15.8. The number of hydrogen-bond donors (Lipinski definition) is 2. The van der Waals surface area contributed by atoms with Crippen molar-refractivity contribution in [2.75, 3.05) is 13.6 Å². The van der Waals surface area contributed by atoms with Gasteiger partial charge in [0.25, 0.3) is 0 Å². The highest BCUT2D eigenvalue weighted by Gasteiger charge is 2.17. The Bertz CT molecular complexity index is 124. The Balaban J connectivity index is 3.54. The lowest BCUT2D eigenvalue weighted by Crippen LogP contribution is -2.35. The molecule has 2 N–H and O–H groups in total. The summed E-state index contributed by atoms with van der Waals surface area (Å²) in [6, 6.07) is 0. The second-order valence-corrected chi connectivity index (χ2v) is 2.73. The number of likely N-dealkylation sites (N-methyl/N-ethyl adjacent to an activating group) is 1. The van der Waals surface area contributed by atoms with Crippen LogP contribution in [0.2, 0.25) is 0 Å². The lowest BCUT2D eigenvalue weighted by Gasteiger charge is -2.21. The Morgan fingerprint density at radius 1 is 1.70 bits per heavy atom. The Hall–Kier alpha value is -0.520. The highest BCUT2D eigenvalue weighted by Crippen LogP contribution is 2.09. The molecule has 1 unspecified atom stereocenters. The van der Waals surface area contributed by atoms with Crippen molar-refractivity contribution in [2.45, 2.75) is 25.4 Å². The first kappa shape index (κ1) is 9.48. The minimum atomic E-state index is -0.652. The largest absolute Gasteiger partial charge is 0.389 e. The van der Waals surface area contributed by atoms with Crippen LogP contribution in [0.25, 0.3) is 0 Å². The molecule has 0 saturated heterocycles. The van der Waals surface area contributed by atoms with Crippen LogP contribution in [0.3, 0.4) is 0 Å². The molecule has 0 aliphatic rings. The molecule has 0 spiro atoms. The van der Waals surface area contributed by atoms with E-state index in [9.17, 15) is 5.11 Å². The van der Waals surface area contributed by atoms with Gasteiger partial charge in [-0.15, -0.1) is 12.3 Å². The van der Waals surface area contributed by atoms with Crippen LogP contribution >= 0.6 is 0 Å². The van der Waals surface area contributed by atoms with E-state index in [2.05, 4.69) is 11.2 Å². The smallest absolute Gasteiger partial charge is 0.0752 e. The fraction of sp³-hybridized carbons (Fsp3) is 0.750. The van der Waals surface area contributed by atoms with Crippen molar-refractivity contribution in [1.82, 2.24) is 5.32 Å². The predicted octanol–water partition coefficient (Wildman–Crippen LogP) is 0.370. The standard InChI is InChI=1S/C8H15NO/c1-4-5-6-8(2,10)7-9-3/h1,9-10H,5-7H2,2-3H3. The van der Waals surface area contributed by atoms with Gasteiger partial charge in [-0.3, -0.25) is 0 Å². The second-order valence-electron chi connectivity index (χ2n) is 2.73. The molecule has 0 aliphatic carbocycles. The lowest BCUT2D eigenvalue weighted by molar-refractivity contribution is 0.0544. The summed E-state index contributed by atoms with van der Waals surface area (Å²) in [5.41, 5.74) is -0.652. The van der Waals surface area contributed by atoms with E-state index >= 15 is 0 Å². The van der Waals surface area contributed by atoms with Gasteiger partial charge in [0.2, 0.25) is 0 Å². The van der Waals surface area contributed by atoms with Crippen molar-refractivity contribution in [2.24, 2.45) is 0 Å². The molecule has 0 rings (SSSR count). The molecular weight excluding hydrogens is 126 g/mol. The summed E-state index contributed by atoms with van der Waals surface area (Å²) < 4.78 is 0. The van der Waals surface area contributed by atoms with Crippen molar-refractivity contribution >= 4 is 0 Å². The van der Waals surface area contributed by atoms with Gasteiger partial charge >= 0.3 is 0 Å². The van der Waals surface area contributed by atoms with E-state index in [0.717, 1.165) is 0 Å². The van der Waals surface area contributed by atoms with Gasteiger partial charge in [-0.2, -0.15) is 0 Å². The van der Waals surface area contributed by atoms with E-state index in [4.69, 9.17) is 6.42 Å². The SMILES string of the molecule is C#CCCC(C)(O)CNC. The van der Waals surface area contributed by atoms with Crippen molar-refractivity contribution in [3.63, 3.8) is 0 Å². The first-order chi connectivity index (χ1) is 4.62. The van der Waals surface area contributed by atoms with Gasteiger partial charge in [-0.1, -0.05) is 0 Å². The molecule has 0 aromatic rings. The summed E-state index contributed by atoms with van der Waals surface area (Å²) in [6.45, 7) is 2.37. The molecule has 0 heterocycles. The monoisotopic (exact) mass is 141 g/mol. The number of terminal acetylenes is 1. The van der Waals surface area contributed by atoms with Crippen LogP contribution < -0.4 is 5.32 Å². The summed E-state index contributed by atoms with van der Waals surface area (Å²) >= 11 is 0. The van der Waals surface area contributed by atoms with Crippen molar-refractivity contribution in [3.8, 4) is 12.3 Å². The van der Waals surface area contributed by atoms with Gasteiger partial charge in [0, 0.05) is 13.0 Å². The lowest BCUT2D eigenvalue weighted by atomic mass is 10.0. The molecule has 10 heavy (non-hydrogen) atoms. The van der Waals surface area contributed by atoms with Crippen molar-refractivity contribution in [3.05, 3.63) is 0 Å². The van der Waals surface area contributed by atoms with E-state index in [-0.39, 0.29) is 0 Å². The number of hydrogen-bond acceptors (Lipinski definition) is 2. The van der Waals surface area contributed by atoms with Gasteiger partial charge in [-0.25, -0.2) is 0 Å². The van der Waals surface area contributed by atoms with Crippen molar-refractivity contribution in [1.29, 1.82) is 0 Å². The van der Waals surface area contributed by atoms with E-state index < -0.39 is 5.60 Å². The molecule has 0 aliphatic heterocycles. The second kappa shape index (κ2) is 4.32. The topological polar surface area (TPSA) is 32.3 Å². The van der Waals surface area contributed by atoms with E-state index in [0.29, 0.717) is 19.4 Å². The third-order valence-corrected chi connectivity index (χ3v) is 1.37. The molecule has 2 nitrogen and oxygen atoms in total. The third kappa shape index (κ3) is 4.37. The maximum Gasteiger partial charge on any atom is 0.0752 e. The summed E-state index contributed by atoms with van der Waals surface area (Å²) in [5, 5.41) is 12.4. The van der Waals surface area contributed by atoms with Crippen molar-refractivity contribution < 1.29 is 5.11 Å². The maximum absolute atomic E-state index is 9.49. The molecule has 1 atom stereocenters. The minimum absolute atomic E-state index is 0.592. The molecule has 0 aromatic heterocycles. The summed E-state index contributed by atoms with van der Waals surface area (Å²) in [6.07, 6.45) is 6.34. The van der Waals surface area contributed by atoms with Crippen LogP contribution in [0, 0.1) is 12.3 Å². The average molecular weight is 141 g/mol. The molecule has 58 valence electrons. The van der Waals surface area contributed by atoms with E-state index in [1.165, 1.54) is 0 Å². The Labute approximate surface area is 62.6 Å². The summed E-state index contributed by atoms with van der Waals surface area (Å²) in [5.74, 6) is 2.49. The van der Waals surface area contributed by atoms with Gasteiger partial charge in [0.05, 0.1) is 5.60 Å². The fourth-order valence-electron chi connectivity index (χ4n) is 0.811. The molecule has 0 fully saturated rings. The zero-order chi connectivity index (χ0) is 8.04. The van der Waals surface area contributed by atoms with Crippen LogP contribution in [-0.2, 0) is 0 Å². The molecule has 2 heteroatoms.